The van der Waals surface area contributed by atoms with Crippen molar-refractivity contribution in [1.29, 1.82) is 0 Å². The van der Waals surface area contributed by atoms with Crippen LogP contribution in [0.4, 0.5) is 5.69 Å². The highest BCUT2D eigenvalue weighted by molar-refractivity contribution is 6.06. The average Bonchev–Trinajstić information content (AvgIpc) is 2.49. The predicted octanol–water partition coefficient (Wildman–Crippen LogP) is 2.34. The van der Waals surface area contributed by atoms with Gasteiger partial charge in [0.15, 0.2) is 5.84 Å². The second-order valence-corrected chi connectivity index (χ2v) is 4.34. The monoisotopic (exact) mass is 269 g/mol. The molecule has 4 N–H and O–H groups in total. The topological polar surface area (TPSA) is 87.7 Å². The summed E-state index contributed by atoms with van der Waals surface area (Å²) in [6.07, 6.45) is 0. The first-order valence-electron chi connectivity index (χ1n) is 6.07. The second-order valence-electron chi connectivity index (χ2n) is 4.34. The fourth-order valence-corrected chi connectivity index (χ4v) is 1.79. The number of hydrogen-bond acceptors (Lipinski definition) is 3. The van der Waals surface area contributed by atoms with Gasteiger partial charge in [0.2, 0.25) is 0 Å². The summed E-state index contributed by atoms with van der Waals surface area (Å²) in [5.74, 6) is -0.276. The van der Waals surface area contributed by atoms with E-state index in [0.29, 0.717) is 11.1 Å². The minimum absolute atomic E-state index is 0.0319. The normalized spacial score (nSPS) is 11.2. The van der Waals surface area contributed by atoms with Crippen molar-refractivity contribution in [2.45, 2.75) is 6.92 Å². The van der Waals surface area contributed by atoms with Gasteiger partial charge < -0.3 is 16.3 Å². The largest absolute Gasteiger partial charge is 0.409 e. The minimum Gasteiger partial charge on any atom is -0.409 e. The number of para-hydroxylation sites is 1. The van der Waals surface area contributed by atoms with Crippen LogP contribution in [-0.4, -0.2) is 17.0 Å². The number of nitrogens with two attached hydrogens (primary N) is 1. The van der Waals surface area contributed by atoms with E-state index in [1.807, 2.05) is 31.2 Å². The van der Waals surface area contributed by atoms with Crippen molar-refractivity contribution in [3.05, 3.63) is 65.2 Å². The molecule has 0 radical (unpaired) electrons. The van der Waals surface area contributed by atoms with Gasteiger partial charge in [-0.3, -0.25) is 4.79 Å². The number of nitrogens with zero attached hydrogens (tertiary/aromatic N) is 1. The summed E-state index contributed by atoms with van der Waals surface area (Å²) in [5, 5.41) is 14.4. The molecule has 20 heavy (non-hydrogen) atoms. The zero-order valence-corrected chi connectivity index (χ0v) is 11.0. The Kier molecular flexibility index (Phi) is 4.00. The lowest BCUT2D eigenvalue weighted by atomic mass is 10.1. The van der Waals surface area contributed by atoms with E-state index in [2.05, 4.69) is 10.5 Å². The van der Waals surface area contributed by atoms with Crippen LogP contribution in [0.1, 0.15) is 21.5 Å². The molecule has 0 spiro atoms. The Morgan fingerprint density at radius 3 is 2.55 bits per heavy atom. The summed E-state index contributed by atoms with van der Waals surface area (Å²) >= 11 is 0. The first-order chi connectivity index (χ1) is 9.61. The van der Waals surface area contributed by atoms with E-state index in [1.165, 1.54) is 0 Å². The number of carbonyl (C=O) groups is 1. The summed E-state index contributed by atoms with van der Waals surface area (Å²) in [6.45, 7) is 1.92. The summed E-state index contributed by atoms with van der Waals surface area (Å²) in [5.41, 5.74) is 8.18. The molecule has 0 aliphatic carbocycles. The molecular formula is C15H15N3O2. The Labute approximate surface area is 116 Å². The maximum atomic E-state index is 12.2. The molecule has 0 atom stereocenters. The average molecular weight is 269 g/mol. The van der Waals surface area contributed by atoms with Crippen LogP contribution in [0.2, 0.25) is 0 Å². The maximum Gasteiger partial charge on any atom is 0.255 e. The molecule has 0 aliphatic heterocycles. The molecular weight excluding hydrogens is 254 g/mol. The van der Waals surface area contributed by atoms with Crippen molar-refractivity contribution in [2.24, 2.45) is 10.9 Å². The summed E-state index contributed by atoms with van der Waals surface area (Å²) in [6, 6.07) is 14.1. The fourth-order valence-electron chi connectivity index (χ4n) is 1.79. The molecule has 5 nitrogen and oxygen atoms in total. The van der Waals surface area contributed by atoms with E-state index in [1.54, 1.807) is 24.3 Å². The highest BCUT2D eigenvalue weighted by Gasteiger charge is 2.09. The number of oxime groups is 1. The van der Waals surface area contributed by atoms with Gasteiger partial charge in [0.05, 0.1) is 0 Å². The van der Waals surface area contributed by atoms with Crippen molar-refractivity contribution >= 4 is 17.4 Å². The zero-order valence-electron chi connectivity index (χ0n) is 11.0. The fraction of sp³-hybridized carbons (Fsp3) is 0.0667. The summed E-state index contributed by atoms with van der Waals surface area (Å²) in [7, 11) is 0. The number of rotatable bonds is 3. The molecule has 0 bridgehead atoms. The van der Waals surface area contributed by atoms with Crippen molar-refractivity contribution in [1.82, 2.24) is 0 Å². The number of amidine groups is 1. The number of benzene rings is 2. The first kappa shape index (κ1) is 13.6. The van der Waals surface area contributed by atoms with Crippen LogP contribution >= 0.6 is 0 Å². The molecule has 0 aliphatic rings. The molecule has 5 heteroatoms. The van der Waals surface area contributed by atoms with Crippen molar-refractivity contribution < 1.29 is 10.0 Å². The molecule has 102 valence electrons. The quantitative estimate of drug-likeness (QED) is 0.346. The van der Waals surface area contributed by atoms with Gasteiger partial charge in [-0.05, 0) is 30.7 Å². The van der Waals surface area contributed by atoms with E-state index in [4.69, 9.17) is 10.9 Å². The van der Waals surface area contributed by atoms with Crippen LogP contribution in [0.3, 0.4) is 0 Å². The number of amides is 1. The Hall–Kier alpha value is -2.82. The van der Waals surface area contributed by atoms with Crippen molar-refractivity contribution in [3.8, 4) is 0 Å². The Bertz CT molecular complexity index is 666. The molecule has 0 saturated carbocycles. The Morgan fingerprint density at radius 2 is 1.85 bits per heavy atom. The second kappa shape index (κ2) is 5.88. The predicted molar refractivity (Wildman–Crippen MR) is 78.1 cm³/mol. The van der Waals surface area contributed by atoms with E-state index in [9.17, 15) is 4.79 Å². The van der Waals surface area contributed by atoms with Crippen LogP contribution in [0.15, 0.2) is 53.7 Å². The molecule has 2 aromatic rings. The van der Waals surface area contributed by atoms with E-state index in [0.717, 1.165) is 11.3 Å². The Balaban J connectivity index is 2.24. The standard InChI is InChI=1S/C15H15N3O2/c1-10-5-2-3-8-13(10)17-15(19)12-7-4-6-11(9-12)14(16)18-20/h2-9,20H,1H3,(H2,16,18)(H,17,19). The van der Waals surface area contributed by atoms with Gasteiger partial charge in [0.1, 0.15) is 0 Å². The molecule has 2 aromatic carbocycles. The van der Waals surface area contributed by atoms with Crippen molar-refractivity contribution in [3.63, 3.8) is 0 Å². The molecule has 0 saturated heterocycles. The van der Waals surface area contributed by atoms with Gasteiger partial charge in [-0.15, -0.1) is 0 Å². The zero-order chi connectivity index (χ0) is 14.5. The maximum absolute atomic E-state index is 12.2. The van der Waals surface area contributed by atoms with Crippen LogP contribution in [0, 0.1) is 6.92 Å². The lowest BCUT2D eigenvalue weighted by molar-refractivity contribution is 0.102. The lowest BCUT2D eigenvalue weighted by Gasteiger charge is -2.08. The van der Waals surface area contributed by atoms with Gasteiger partial charge in [0, 0.05) is 16.8 Å². The highest BCUT2D eigenvalue weighted by atomic mass is 16.4. The SMILES string of the molecule is Cc1ccccc1NC(=O)c1cccc(/C(N)=N/O)c1. The molecule has 1 amide bonds. The summed E-state index contributed by atoms with van der Waals surface area (Å²) < 4.78 is 0. The van der Waals surface area contributed by atoms with E-state index in [-0.39, 0.29) is 11.7 Å². The molecule has 0 aromatic heterocycles. The number of aryl methyl sites for hydroxylation is 1. The first-order valence-corrected chi connectivity index (χ1v) is 6.07. The van der Waals surface area contributed by atoms with E-state index >= 15 is 0 Å². The van der Waals surface area contributed by atoms with Crippen LogP contribution in [0.25, 0.3) is 0 Å². The molecule has 0 fully saturated rings. The van der Waals surface area contributed by atoms with Crippen LogP contribution < -0.4 is 11.1 Å². The van der Waals surface area contributed by atoms with Gasteiger partial charge in [-0.2, -0.15) is 0 Å². The molecule has 0 heterocycles. The van der Waals surface area contributed by atoms with Gasteiger partial charge >= 0.3 is 0 Å². The number of carbonyl (C=O) groups excluding carboxylic acids is 1. The smallest absolute Gasteiger partial charge is 0.255 e. The third-order valence-electron chi connectivity index (χ3n) is 2.92. The highest BCUT2D eigenvalue weighted by Crippen LogP contribution is 2.15. The Morgan fingerprint density at radius 1 is 1.15 bits per heavy atom. The summed E-state index contributed by atoms with van der Waals surface area (Å²) in [4.78, 5) is 12.2. The third kappa shape index (κ3) is 2.95. The number of anilines is 1. The molecule has 2 rings (SSSR count). The number of hydrogen-bond donors (Lipinski definition) is 3. The van der Waals surface area contributed by atoms with Crippen molar-refractivity contribution in [2.75, 3.05) is 5.32 Å². The van der Waals surface area contributed by atoms with Crippen LogP contribution in [0.5, 0.6) is 0 Å². The number of nitrogens with one attached hydrogen (secondary N) is 1. The lowest BCUT2D eigenvalue weighted by Crippen LogP contribution is -2.16. The van der Waals surface area contributed by atoms with Gasteiger partial charge in [-0.25, -0.2) is 0 Å². The molecule has 0 unspecified atom stereocenters. The van der Waals surface area contributed by atoms with E-state index < -0.39 is 0 Å². The van der Waals surface area contributed by atoms with Gasteiger partial charge in [0.25, 0.3) is 5.91 Å². The van der Waals surface area contributed by atoms with Gasteiger partial charge in [-0.1, -0.05) is 35.5 Å². The van der Waals surface area contributed by atoms with Crippen LogP contribution in [-0.2, 0) is 0 Å². The minimum atomic E-state index is -0.244. The third-order valence-corrected chi connectivity index (χ3v) is 2.92.